The molecule has 6 nitrogen and oxygen atoms in total. The molecule has 0 saturated carbocycles. The number of pyridine rings is 1. The maximum Gasteiger partial charge on any atom is 0.247 e. The largest absolute Gasteiger partial charge is 0.368 e. The maximum absolute atomic E-state index is 5.86. The number of nitrogen functional groups attached to an aromatic ring is 1. The molecule has 1 aliphatic rings. The Bertz CT molecular complexity index is 500. The zero-order valence-corrected chi connectivity index (χ0v) is 9.45. The van der Waals surface area contributed by atoms with Crippen molar-refractivity contribution in [2.45, 2.75) is 12.8 Å². The summed E-state index contributed by atoms with van der Waals surface area (Å²) in [5.74, 6) is 1.78. The van der Waals surface area contributed by atoms with E-state index in [4.69, 9.17) is 5.73 Å². The van der Waals surface area contributed by atoms with Crippen molar-refractivity contribution >= 4 is 11.9 Å². The molecule has 0 amide bonds. The van der Waals surface area contributed by atoms with Crippen molar-refractivity contribution in [2.24, 2.45) is 0 Å². The van der Waals surface area contributed by atoms with Crippen LogP contribution in [0.3, 0.4) is 0 Å². The van der Waals surface area contributed by atoms with Gasteiger partial charge in [0.1, 0.15) is 0 Å². The first-order valence-electron chi connectivity index (χ1n) is 5.73. The van der Waals surface area contributed by atoms with E-state index in [9.17, 15) is 0 Å². The molecular weight excluding hydrogens is 216 g/mol. The summed E-state index contributed by atoms with van der Waals surface area (Å²) in [6.07, 6.45) is 4.10. The second kappa shape index (κ2) is 4.04. The van der Waals surface area contributed by atoms with Gasteiger partial charge in [-0.2, -0.15) is 9.67 Å². The van der Waals surface area contributed by atoms with E-state index in [0.29, 0.717) is 17.7 Å². The van der Waals surface area contributed by atoms with E-state index in [1.807, 2.05) is 18.2 Å². The monoisotopic (exact) mass is 230 g/mol. The lowest BCUT2D eigenvalue weighted by molar-refractivity contribution is 0.827. The average molecular weight is 230 g/mol. The number of nitrogens with zero attached hydrogens (tertiary/aromatic N) is 5. The summed E-state index contributed by atoms with van der Waals surface area (Å²) in [6.45, 7) is 2.01. The van der Waals surface area contributed by atoms with E-state index >= 15 is 0 Å². The first kappa shape index (κ1) is 10.1. The molecule has 1 fully saturated rings. The Kier molecular flexibility index (Phi) is 2.40. The molecule has 2 aromatic rings. The third kappa shape index (κ3) is 1.82. The van der Waals surface area contributed by atoms with Gasteiger partial charge >= 0.3 is 0 Å². The SMILES string of the molecule is Nc1nc(N2CCCC2)nn1-c1ccccn1. The van der Waals surface area contributed by atoms with Crippen LogP contribution in [0.25, 0.3) is 5.82 Å². The van der Waals surface area contributed by atoms with Crippen LogP contribution >= 0.6 is 0 Å². The van der Waals surface area contributed by atoms with Crippen LogP contribution in [0.2, 0.25) is 0 Å². The van der Waals surface area contributed by atoms with E-state index < -0.39 is 0 Å². The number of nitrogens with two attached hydrogens (primary N) is 1. The van der Waals surface area contributed by atoms with Crippen LogP contribution in [0, 0.1) is 0 Å². The summed E-state index contributed by atoms with van der Waals surface area (Å²) in [6, 6.07) is 5.62. The van der Waals surface area contributed by atoms with E-state index in [0.717, 1.165) is 13.1 Å². The fourth-order valence-corrected chi connectivity index (χ4v) is 2.01. The molecule has 3 rings (SSSR count). The summed E-state index contributed by atoms with van der Waals surface area (Å²) in [4.78, 5) is 10.6. The van der Waals surface area contributed by atoms with Gasteiger partial charge in [0.2, 0.25) is 11.9 Å². The van der Waals surface area contributed by atoms with E-state index in [1.54, 1.807) is 10.9 Å². The van der Waals surface area contributed by atoms with E-state index in [1.165, 1.54) is 12.8 Å². The van der Waals surface area contributed by atoms with Gasteiger partial charge in [-0.25, -0.2) is 4.98 Å². The van der Waals surface area contributed by atoms with Crippen molar-refractivity contribution < 1.29 is 0 Å². The van der Waals surface area contributed by atoms with Gasteiger partial charge in [0.05, 0.1) is 0 Å². The topological polar surface area (TPSA) is 72.9 Å². The van der Waals surface area contributed by atoms with Gasteiger partial charge in [-0.05, 0) is 25.0 Å². The third-order valence-corrected chi connectivity index (χ3v) is 2.88. The van der Waals surface area contributed by atoms with Crippen LogP contribution in [0.4, 0.5) is 11.9 Å². The molecule has 17 heavy (non-hydrogen) atoms. The van der Waals surface area contributed by atoms with Gasteiger partial charge in [-0.15, -0.1) is 5.10 Å². The zero-order valence-electron chi connectivity index (χ0n) is 9.45. The predicted molar refractivity (Wildman–Crippen MR) is 65.0 cm³/mol. The molecule has 0 aromatic carbocycles. The highest BCUT2D eigenvalue weighted by Gasteiger charge is 2.18. The molecular formula is C11H14N6. The fraction of sp³-hybridized carbons (Fsp3) is 0.364. The lowest BCUT2D eigenvalue weighted by atomic mass is 10.4. The Morgan fingerprint density at radius 3 is 2.71 bits per heavy atom. The Hall–Kier alpha value is -2.11. The Labute approximate surface area is 99.1 Å². The fourth-order valence-electron chi connectivity index (χ4n) is 2.01. The molecule has 3 heterocycles. The first-order valence-corrected chi connectivity index (χ1v) is 5.73. The smallest absolute Gasteiger partial charge is 0.247 e. The molecule has 1 aliphatic heterocycles. The molecule has 1 saturated heterocycles. The van der Waals surface area contributed by atoms with Gasteiger partial charge in [0, 0.05) is 19.3 Å². The van der Waals surface area contributed by atoms with Crippen LogP contribution < -0.4 is 10.6 Å². The number of rotatable bonds is 2. The highest BCUT2D eigenvalue weighted by Crippen LogP contribution is 2.18. The molecule has 0 spiro atoms. The average Bonchev–Trinajstić information content (AvgIpc) is 2.99. The van der Waals surface area contributed by atoms with Crippen LogP contribution in [-0.2, 0) is 0 Å². The molecule has 88 valence electrons. The minimum Gasteiger partial charge on any atom is -0.368 e. The van der Waals surface area contributed by atoms with Crippen molar-refractivity contribution in [3.05, 3.63) is 24.4 Å². The van der Waals surface area contributed by atoms with Crippen molar-refractivity contribution in [2.75, 3.05) is 23.7 Å². The summed E-state index contributed by atoms with van der Waals surface area (Å²) in [7, 11) is 0. The Morgan fingerprint density at radius 1 is 1.18 bits per heavy atom. The standard InChI is InChI=1S/C11H14N6/c12-10-14-11(16-7-3-4-8-16)15-17(10)9-5-1-2-6-13-9/h1-2,5-6H,3-4,7-8H2,(H2,12,14,15). The van der Waals surface area contributed by atoms with Crippen molar-refractivity contribution in [3.63, 3.8) is 0 Å². The van der Waals surface area contributed by atoms with Crippen LogP contribution in [0.15, 0.2) is 24.4 Å². The molecule has 0 bridgehead atoms. The van der Waals surface area contributed by atoms with Crippen LogP contribution in [0.1, 0.15) is 12.8 Å². The minimum atomic E-state index is 0.380. The first-order chi connectivity index (χ1) is 8.34. The number of aromatic nitrogens is 4. The van der Waals surface area contributed by atoms with Crippen molar-refractivity contribution in [1.29, 1.82) is 0 Å². The summed E-state index contributed by atoms with van der Waals surface area (Å²) < 4.78 is 1.58. The third-order valence-electron chi connectivity index (χ3n) is 2.88. The highest BCUT2D eigenvalue weighted by molar-refractivity contribution is 5.40. The lowest BCUT2D eigenvalue weighted by Crippen LogP contribution is -2.19. The second-order valence-corrected chi connectivity index (χ2v) is 4.06. The van der Waals surface area contributed by atoms with Crippen LogP contribution in [0.5, 0.6) is 0 Å². The maximum atomic E-state index is 5.86. The van der Waals surface area contributed by atoms with Gasteiger partial charge in [-0.1, -0.05) is 6.07 Å². The van der Waals surface area contributed by atoms with E-state index in [2.05, 4.69) is 20.0 Å². The molecule has 0 aliphatic carbocycles. The van der Waals surface area contributed by atoms with Gasteiger partial charge in [-0.3, -0.25) is 0 Å². The summed E-state index contributed by atoms with van der Waals surface area (Å²) >= 11 is 0. The van der Waals surface area contributed by atoms with Crippen molar-refractivity contribution in [3.8, 4) is 5.82 Å². The normalized spacial score (nSPS) is 15.4. The quantitative estimate of drug-likeness (QED) is 0.827. The van der Waals surface area contributed by atoms with Crippen LogP contribution in [-0.4, -0.2) is 32.8 Å². The molecule has 0 atom stereocenters. The molecule has 2 N–H and O–H groups in total. The molecule has 0 radical (unpaired) electrons. The number of hydrogen-bond donors (Lipinski definition) is 1. The highest BCUT2D eigenvalue weighted by atomic mass is 15.5. The lowest BCUT2D eigenvalue weighted by Gasteiger charge is -2.10. The number of anilines is 2. The Morgan fingerprint density at radius 2 is 2.00 bits per heavy atom. The summed E-state index contributed by atoms with van der Waals surface area (Å²) in [5.41, 5.74) is 5.86. The molecule has 2 aromatic heterocycles. The van der Waals surface area contributed by atoms with Gasteiger partial charge < -0.3 is 10.6 Å². The number of hydrogen-bond acceptors (Lipinski definition) is 5. The second-order valence-electron chi connectivity index (χ2n) is 4.06. The van der Waals surface area contributed by atoms with Gasteiger partial charge in [0.15, 0.2) is 5.82 Å². The van der Waals surface area contributed by atoms with Gasteiger partial charge in [0.25, 0.3) is 0 Å². The Balaban J connectivity index is 1.96. The molecule has 0 unspecified atom stereocenters. The minimum absolute atomic E-state index is 0.380. The van der Waals surface area contributed by atoms with Crippen molar-refractivity contribution in [1.82, 2.24) is 19.7 Å². The zero-order chi connectivity index (χ0) is 11.7. The van der Waals surface area contributed by atoms with E-state index in [-0.39, 0.29) is 0 Å². The molecule has 6 heteroatoms. The summed E-state index contributed by atoms with van der Waals surface area (Å²) in [5, 5.41) is 4.41. The predicted octanol–water partition coefficient (Wildman–Crippen LogP) is 0.845.